The first-order chi connectivity index (χ1) is 8.02. The van der Waals surface area contributed by atoms with Crippen LogP contribution in [0, 0.1) is 0 Å². The van der Waals surface area contributed by atoms with Crippen molar-refractivity contribution in [3.63, 3.8) is 0 Å². The number of aliphatic hydroxyl groups is 1. The Hall–Kier alpha value is -1.42. The van der Waals surface area contributed by atoms with Crippen molar-refractivity contribution in [1.82, 2.24) is 0 Å². The van der Waals surface area contributed by atoms with Gasteiger partial charge in [0, 0.05) is 12.6 Å². The third-order valence-electron chi connectivity index (χ3n) is 2.83. The number of benzene rings is 1. The molecule has 0 fully saturated rings. The van der Waals surface area contributed by atoms with E-state index in [9.17, 15) is 5.11 Å². The van der Waals surface area contributed by atoms with Gasteiger partial charge in [-0.1, -0.05) is 6.92 Å². The van der Waals surface area contributed by atoms with Gasteiger partial charge in [0.1, 0.15) is 11.5 Å². The maximum absolute atomic E-state index is 9.94. The molecule has 4 heteroatoms. The lowest BCUT2D eigenvalue weighted by atomic mass is 10.0. The molecule has 2 N–H and O–H groups in total. The molecule has 0 saturated carbocycles. The second-order valence-corrected chi connectivity index (χ2v) is 4.27. The maximum Gasteiger partial charge on any atom is 0.142 e. The minimum Gasteiger partial charge on any atom is -0.497 e. The van der Waals surface area contributed by atoms with Crippen LogP contribution in [-0.2, 0) is 0 Å². The van der Waals surface area contributed by atoms with E-state index in [-0.39, 0.29) is 0 Å². The monoisotopic (exact) mass is 239 g/mol. The number of methoxy groups -OCH3 is 2. The van der Waals surface area contributed by atoms with E-state index in [0.717, 1.165) is 17.2 Å². The van der Waals surface area contributed by atoms with Gasteiger partial charge in [0.05, 0.1) is 25.5 Å². The Balaban J connectivity index is 2.81. The fourth-order valence-electron chi connectivity index (χ4n) is 1.36. The molecule has 0 aliphatic carbocycles. The van der Waals surface area contributed by atoms with Crippen molar-refractivity contribution in [2.24, 2.45) is 0 Å². The van der Waals surface area contributed by atoms with Crippen LogP contribution in [0.2, 0.25) is 0 Å². The molecule has 0 bridgehead atoms. The SMILES string of the molecule is CCC(C)(O)CNc1cc(OC)ccc1OC. The minimum absolute atomic E-state index is 0.465. The first-order valence-electron chi connectivity index (χ1n) is 5.70. The molecule has 0 saturated heterocycles. The van der Waals surface area contributed by atoms with E-state index in [2.05, 4.69) is 5.32 Å². The van der Waals surface area contributed by atoms with E-state index in [1.54, 1.807) is 21.1 Å². The summed E-state index contributed by atoms with van der Waals surface area (Å²) in [6, 6.07) is 5.52. The smallest absolute Gasteiger partial charge is 0.142 e. The Morgan fingerprint density at radius 1 is 1.29 bits per heavy atom. The quantitative estimate of drug-likeness (QED) is 0.799. The summed E-state index contributed by atoms with van der Waals surface area (Å²) in [6.07, 6.45) is 0.687. The molecule has 0 aliphatic rings. The van der Waals surface area contributed by atoms with Crippen LogP contribution in [0.25, 0.3) is 0 Å². The van der Waals surface area contributed by atoms with E-state index in [1.165, 1.54) is 0 Å². The molecule has 0 radical (unpaired) electrons. The van der Waals surface area contributed by atoms with Crippen molar-refractivity contribution in [2.75, 3.05) is 26.1 Å². The first-order valence-corrected chi connectivity index (χ1v) is 5.70. The number of hydrogen-bond donors (Lipinski definition) is 2. The van der Waals surface area contributed by atoms with Gasteiger partial charge in [-0.25, -0.2) is 0 Å². The Morgan fingerprint density at radius 3 is 2.53 bits per heavy atom. The Morgan fingerprint density at radius 2 is 2.00 bits per heavy atom. The van der Waals surface area contributed by atoms with Gasteiger partial charge in [-0.05, 0) is 25.5 Å². The van der Waals surface area contributed by atoms with Crippen LogP contribution in [0.4, 0.5) is 5.69 Å². The first kappa shape index (κ1) is 13.6. The summed E-state index contributed by atoms with van der Waals surface area (Å²) in [5.41, 5.74) is 0.0919. The lowest BCUT2D eigenvalue weighted by Crippen LogP contribution is -2.32. The zero-order chi connectivity index (χ0) is 12.9. The minimum atomic E-state index is -0.728. The summed E-state index contributed by atoms with van der Waals surface area (Å²) in [6.45, 7) is 4.21. The molecule has 17 heavy (non-hydrogen) atoms. The second kappa shape index (κ2) is 5.77. The molecule has 0 aromatic heterocycles. The summed E-state index contributed by atoms with van der Waals surface area (Å²) in [7, 11) is 3.23. The molecule has 1 unspecified atom stereocenters. The third kappa shape index (κ3) is 3.82. The highest BCUT2D eigenvalue weighted by Crippen LogP contribution is 2.29. The molecule has 0 aliphatic heterocycles. The number of anilines is 1. The van der Waals surface area contributed by atoms with E-state index in [4.69, 9.17) is 9.47 Å². The topological polar surface area (TPSA) is 50.7 Å². The van der Waals surface area contributed by atoms with Crippen LogP contribution in [-0.4, -0.2) is 31.5 Å². The van der Waals surface area contributed by atoms with Gasteiger partial charge in [0.25, 0.3) is 0 Å². The van der Waals surface area contributed by atoms with Crippen LogP contribution >= 0.6 is 0 Å². The Labute approximate surface area is 103 Å². The summed E-state index contributed by atoms with van der Waals surface area (Å²) >= 11 is 0. The summed E-state index contributed by atoms with van der Waals surface area (Å²) in [5, 5.41) is 13.1. The van der Waals surface area contributed by atoms with Crippen molar-refractivity contribution in [3.8, 4) is 11.5 Å². The lowest BCUT2D eigenvalue weighted by molar-refractivity contribution is 0.0697. The number of ether oxygens (including phenoxy) is 2. The zero-order valence-corrected chi connectivity index (χ0v) is 10.9. The molecular weight excluding hydrogens is 218 g/mol. The van der Waals surface area contributed by atoms with E-state index < -0.39 is 5.60 Å². The van der Waals surface area contributed by atoms with E-state index in [0.29, 0.717) is 13.0 Å². The van der Waals surface area contributed by atoms with Crippen molar-refractivity contribution in [1.29, 1.82) is 0 Å². The van der Waals surface area contributed by atoms with Crippen LogP contribution in [0.15, 0.2) is 18.2 Å². The second-order valence-electron chi connectivity index (χ2n) is 4.27. The molecule has 96 valence electrons. The van der Waals surface area contributed by atoms with Gasteiger partial charge in [0.15, 0.2) is 0 Å². The molecule has 0 amide bonds. The number of nitrogens with one attached hydrogen (secondary N) is 1. The largest absolute Gasteiger partial charge is 0.497 e. The predicted molar refractivity (Wildman–Crippen MR) is 69.0 cm³/mol. The van der Waals surface area contributed by atoms with E-state index in [1.807, 2.05) is 25.1 Å². The fourth-order valence-corrected chi connectivity index (χ4v) is 1.36. The highest BCUT2D eigenvalue weighted by atomic mass is 16.5. The zero-order valence-electron chi connectivity index (χ0n) is 10.9. The highest BCUT2D eigenvalue weighted by Gasteiger charge is 2.17. The molecule has 1 rings (SSSR count). The molecule has 4 nitrogen and oxygen atoms in total. The molecule has 1 aromatic carbocycles. The number of hydrogen-bond acceptors (Lipinski definition) is 4. The van der Waals surface area contributed by atoms with Crippen LogP contribution < -0.4 is 14.8 Å². The van der Waals surface area contributed by atoms with Crippen molar-refractivity contribution >= 4 is 5.69 Å². The summed E-state index contributed by atoms with van der Waals surface area (Å²) in [5.74, 6) is 1.49. The molecule has 1 aromatic rings. The van der Waals surface area contributed by atoms with Gasteiger partial charge in [0.2, 0.25) is 0 Å². The van der Waals surface area contributed by atoms with Crippen molar-refractivity contribution in [2.45, 2.75) is 25.9 Å². The maximum atomic E-state index is 9.94. The number of rotatable bonds is 6. The Bertz CT molecular complexity index is 364. The van der Waals surface area contributed by atoms with Gasteiger partial charge in [-0.3, -0.25) is 0 Å². The standard InChI is InChI=1S/C13H21NO3/c1-5-13(2,15)9-14-11-8-10(16-3)6-7-12(11)17-4/h6-8,14-15H,5,9H2,1-4H3. The third-order valence-corrected chi connectivity index (χ3v) is 2.83. The van der Waals surface area contributed by atoms with Crippen LogP contribution in [0.5, 0.6) is 11.5 Å². The van der Waals surface area contributed by atoms with Gasteiger partial charge < -0.3 is 19.9 Å². The highest BCUT2D eigenvalue weighted by molar-refractivity contribution is 5.59. The Kier molecular flexibility index (Phi) is 4.63. The van der Waals surface area contributed by atoms with E-state index >= 15 is 0 Å². The fraction of sp³-hybridized carbons (Fsp3) is 0.538. The van der Waals surface area contributed by atoms with Gasteiger partial charge in [-0.15, -0.1) is 0 Å². The predicted octanol–water partition coefficient (Wildman–Crippen LogP) is 2.28. The van der Waals surface area contributed by atoms with Crippen molar-refractivity contribution in [3.05, 3.63) is 18.2 Å². The van der Waals surface area contributed by atoms with Crippen LogP contribution in [0.3, 0.4) is 0 Å². The van der Waals surface area contributed by atoms with Gasteiger partial charge >= 0.3 is 0 Å². The normalized spacial score (nSPS) is 13.9. The summed E-state index contributed by atoms with van der Waals surface area (Å²) in [4.78, 5) is 0. The molecular formula is C13H21NO3. The lowest BCUT2D eigenvalue weighted by Gasteiger charge is -2.23. The van der Waals surface area contributed by atoms with Crippen LogP contribution in [0.1, 0.15) is 20.3 Å². The van der Waals surface area contributed by atoms with Gasteiger partial charge in [-0.2, -0.15) is 0 Å². The summed E-state index contributed by atoms with van der Waals surface area (Å²) < 4.78 is 10.4. The molecule has 0 spiro atoms. The molecule has 1 atom stereocenters. The van der Waals surface area contributed by atoms with Crippen molar-refractivity contribution < 1.29 is 14.6 Å². The average molecular weight is 239 g/mol. The average Bonchev–Trinajstić information content (AvgIpc) is 2.36. The molecule has 0 heterocycles.